The van der Waals surface area contributed by atoms with Crippen molar-refractivity contribution in [1.29, 1.82) is 0 Å². The molecule has 0 amide bonds. The fraction of sp³-hybridized carbons (Fsp3) is 0.600. The second-order valence-electron chi connectivity index (χ2n) is 5.41. The molecule has 0 aliphatic heterocycles. The van der Waals surface area contributed by atoms with Crippen LogP contribution >= 0.6 is 15.9 Å². The van der Waals surface area contributed by atoms with Crippen molar-refractivity contribution < 1.29 is 4.74 Å². The van der Waals surface area contributed by atoms with Gasteiger partial charge in [-0.3, -0.25) is 4.90 Å². The van der Waals surface area contributed by atoms with Gasteiger partial charge in [-0.15, -0.1) is 0 Å². The quantitative estimate of drug-likeness (QED) is 0.712. The van der Waals surface area contributed by atoms with E-state index in [1.54, 1.807) is 0 Å². The van der Waals surface area contributed by atoms with E-state index in [0.29, 0.717) is 0 Å². The third kappa shape index (κ3) is 7.14. The molecule has 0 aliphatic carbocycles. The van der Waals surface area contributed by atoms with Gasteiger partial charge in [0.05, 0.1) is 12.2 Å². The Morgan fingerprint density at radius 1 is 1.11 bits per heavy atom. The molecular formula is C15H24BrNO. The third-order valence-corrected chi connectivity index (χ3v) is 2.95. The molecule has 1 aromatic carbocycles. The third-order valence-electron chi connectivity index (χ3n) is 2.59. The Morgan fingerprint density at radius 2 is 1.78 bits per heavy atom. The summed E-state index contributed by atoms with van der Waals surface area (Å²) in [6, 6.07) is 10.6. The Balaban J connectivity index is 2.40. The van der Waals surface area contributed by atoms with Crippen molar-refractivity contribution in [2.75, 3.05) is 25.0 Å². The zero-order valence-electron chi connectivity index (χ0n) is 11.7. The van der Waals surface area contributed by atoms with Crippen molar-refractivity contribution in [3.8, 4) is 0 Å². The summed E-state index contributed by atoms with van der Waals surface area (Å²) in [4.78, 5) is 2.41. The molecule has 0 atom stereocenters. The zero-order valence-corrected chi connectivity index (χ0v) is 13.2. The number of hydrogen-bond acceptors (Lipinski definition) is 2. The van der Waals surface area contributed by atoms with Gasteiger partial charge in [0, 0.05) is 25.0 Å². The van der Waals surface area contributed by atoms with Gasteiger partial charge >= 0.3 is 0 Å². The fourth-order valence-electron chi connectivity index (χ4n) is 1.71. The van der Waals surface area contributed by atoms with E-state index in [0.717, 1.165) is 31.6 Å². The monoisotopic (exact) mass is 313 g/mol. The van der Waals surface area contributed by atoms with Crippen LogP contribution in [0.2, 0.25) is 0 Å². The summed E-state index contributed by atoms with van der Waals surface area (Å²) in [5.74, 6) is 0. The molecule has 2 nitrogen and oxygen atoms in total. The van der Waals surface area contributed by atoms with Gasteiger partial charge in [-0.05, 0) is 26.3 Å². The van der Waals surface area contributed by atoms with Crippen LogP contribution in [0.15, 0.2) is 30.3 Å². The Morgan fingerprint density at radius 3 is 2.33 bits per heavy atom. The minimum atomic E-state index is -0.0488. The lowest BCUT2D eigenvalue weighted by Gasteiger charge is -2.25. The van der Waals surface area contributed by atoms with Crippen LogP contribution in [0.1, 0.15) is 26.3 Å². The van der Waals surface area contributed by atoms with E-state index in [-0.39, 0.29) is 5.60 Å². The molecule has 0 saturated heterocycles. The topological polar surface area (TPSA) is 12.5 Å². The maximum absolute atomic E-state index is 5.79. The molecule has 0 bridgehead atoms. The van der Waals surface area contributed by atoms with Crippen LogP contribution in [0.3, 0.4) is 0 Å². The average Bonchev–Trinajstić information content (AvgIpc) is 2.29. The standard InChI is InChI=1S/C15H24BrNO/c1-15(2,3)18-12-11-17(10-9-16)13-14-7-5-4-6-8-14/h4-8H,9-13H2,1-3H3. The molecule has 0 aromatic heterocycles. The molecule has 102 valence electrons. The SMILES string of the molecule is CC(C)(C)OCCN(CCBr)Cc1ccccc1. The molecule has 3 heteroatoms. The van der Waals surface area contributed by atoms with Gasteiger partial charge in [-0.2, -0.15) is 0 Å². The molecule has 1 rings (SSSR count). The van der Waals surface area contributed by atoms with Crippen molar-refractivity contribution >= 4 is 15.9 Å². The van der Waals surface area contributed by atoms with E-state index in [4.69, 9.17) is 4.74 Å². The predicted octanol–water partition coefficient (Wildman–Crippen LogP) is 3.70. The average molecular weight is 314 g/mol. The molecule has 0 unspecified atom stereocenters. The van der Waals surface area contributed by atoms with Crippen molar-refractivity contribution in [1.82, 2.24) is 4.90 Å². The summed E-state index contributed by atoms with van der Waals surface area (Å²) in [5, 5.41) is 0.995. The molecule has 1 aromatic rings. The van der Waals surface area contributed by atoms with Crippen LogP contribution in [0.4, 0.5) is 0 Å². The zero-order chi connectivity index (χ0) is 13.4. The maximum atomic E-state index is 5.79. The van der Waals surface area contributed by atoms with Crippen LogP contribution in [0.5, 0.6) is 0 Å². The summed E-state index contributed by atoms with van der Waals surface area (Å²) in [5.41, 5.74) is 1.31. The number of halogens is 1. The highest BCUT2D eigenvalue weighted by atomic mass is 79.9. The number of ether oxygens (including phenoxy) is 1. The Labute approximate surface area is 119 Å². The number of alkyl halides is 1. The largest absolute Gasteiger partial charge is 0.375 e. The number of nitrogens with zero attached hydrogens (tertiary/aromatic N) is 1. The van der Waals surface area contributed by atoms with Crippen LogP contribution in [-0.4, -0.2) is 35.5 Å². The molecule has 0 radical (unpaired) electrons. The lowest BCUT2D eigenvalue weighted by molar-refractivity contribution is -0.0132. The minimum absolute atomic E-state index is 0.0488. The first-order valence-corrected chi connectivity index (χ1v) is 7.59. The Bertz CT molecular complexity index is 321. The normalized spacial score (nSPS) is 12.1. The van der Waals surface area contributed by atoms with Gasteiger partial charge in [0.15, 0.2) is 0 Å². The lowest BCUT2D eigenvalue weighted by Crippen LogP contribution is -2.31. The van der Waals surface area contributed by atoms with Crippen molar-refractivity contribution in [2.24, 2.45) is 0 Å². The van der Waals surface area contributed by atoms with Crippen molar-refractivity contribution in [3.05, 3.63) is 35.9 Å². The first-order valence-electron chi connectivity index (χ1n) is 6.47. The second-order valence-corrected chi connectivity index (χ2v) is 6.20. The number of hydrogen-bond donors (Lipinski definition) is 0. The van der Waals surface area contributed by atoms with Gasteiger partial charge in [-0.25, -0.2) is 0 Å². The predicted molar refractivity (Wildman–Crippen MR) is 81.2 cm³/mol. The molecule has 0 aliphatic rings. The first-order chi connectivity index (χ1) is 8.51. The molecular weight excluding hydrogens is 290 g/mol. The van der Waals surface area contributed by atoms with Gasteiger partial charge in [0.25, 0.3) is 0 Å². The molecule has 18 heavy (non-hydrogen) atoms. The van der Waals surface area contributed by atoms with E-state index in [9.17, 15) is 0 Å². The van der Waals surface area contributed by atoms with Gasteiger partial charge in [-0.1, -0.05) is 46.3 Å². The summed E-state index contributed by atoms with van der Waals surface area (Å²) >= 11 is 3.51. The van der Waals surface area contributed by atoms with Crippen LogP contribution < -0.4 is 0 Å². The molecule has 0 heterocycles. The second kappa shape index (κ2) is 7.93. The van der Waals surface area contributed by atoms with Crippen LogP contribution in [0.25, 0.3) is 0 Å². The fourth-order valence-corrected chi connectivity index (χ4v) is 2.21. The van der Waals surface area contributed by atoms with E-state index in [2.05, 4.69) is 71.9 Å². The summed E-state index contributed by atoms with van der Waals surface area (Å²) in [6.45, 7) is 10.1. The molecule has 0 saturated carbocycles. The van der Waals surface area contributed by atoms with E-state index in [1.165, 1.54) is 5.56 Å². The first kappa shape index (κ1) is 15.7. The lowest BCUT2D eigenvalue weighted by atomic mass is 10.2. The smallest absolute Gasteiger partial charge is 0.0600 e. The Hall–Kier alpha value is -0.380. The Kier molecular flexibility index (Phi) is 6.90. The highest BCUT2D eigenvalue weighted by Crippen LogP contribution is 2.08. The maximum Gasteiger partial charge on any atom is 0.0600 e. The van der Waals surface area contributed by atoms with Gasteiger partial charge in [0.2, 0.25) is 0 Å². The molecule has 0 fully saturated rings. The summed E-state index contributed by atoms with van der Waals surface area (Å²) < 4.78 is 5.79. The van der Waals surface area contributed by atoms with Crippen LogP contribution in [0, 0.1) is 0 Å². The van der Waals surface area contributed by atoms with Gasteiger partial charge in [0.1, 0.15) is 0 Å². The highest BCUT2D eigenvalue weighted by Gasteiger charge is 2.11. The van der Waals surface area contributed by atoms with E-state index in [1.807, 2.05) is 0 Å². The van der Waals surface area contributed by atoms with Gasteiger partial charge < -0.3 is 4.74 Å². The number of rotatable bonds is 7. The minimum Gasteiger partial charge on any atom is -0.375 e. The van der Waals surface area contributed by atoms with Crippen molar-refractivity contribution in [2.45, 2.75) is 32.9 Å². The molecule has 0 spiro atoms. The summed E-state index contributed by atoms with van der Waals surface area (Å²) in [7, 11) is 0. The van der Waals surface area contributed by atoms with E-state index >= 15 is 0 Å². The highest BCUT2D eigenvalue weighted by molar-refractivity contribution is 9.09. The van der Waals surface area contributed by atoms with Crippen molar-refractivity contribution in [3.63, 3.8) is 0 Å². The summed E-state index contributed by atoms with van der Waals surface area (Å²) in [6.07, 6.45) is 0. The molecule has 0 N–H and O–H groups in total. The van der Waals surface area contributed by atoms with E-state index < -0.39 is 0 Å². The van der Waals surface area contributed by atoms with Crippen LogP contribution in [-0.2, 0) is 11.3 Å². The number of benzene rings is 1.